The number of tetrazole rings is 1. The minimum atomic E-state index is 0.587. The van der Waals surface area contributed by atoms with Gasteiger partial charge in [0.15, 0.2) is 5.82 Å². The molecule has 0 bridgehead atoms. The van der Waals surface area contributed by atoms with Crippen LogP contribution in [0.2, 0.25) is 5.02 Å². The monoisotopic (exact) mass is 299 g/mol. The van der Waals surface area contributed by atoms with E-state index in [2.05, 4.69) is 15.5 Å². The van der Waals surface area contributed by atoms with E-state index in [9.17, 15) is 0 Å². The fraction of sp³-hybridized carbons (Fsp3) is 0.133. The third kappa shape index (κ3) is 2.36. The highest BCUT2D eigenvalue weighted by atomic mass is 35.5. The number of aromatic nitrogens is 4. The van der Waals surface area contributed by atoms with Gasteiger partial charge in [0, 0.05) is 11.3 Å². The van der Waals surface area contributed by atoms with E-state index < -0.39 is 0 Å². The molecule has 3 aromatic rings. The number of halogens is 1. The zero-order chi connectivity index (χ0) is 15.0. The minimum Gasteiger partial charge on any atom is -0.398 e. The van der Waals surface area contributed by atoms with Crippen molar-refractivity contribution in [1.82, 2.24) is 20.2 Å². The normalized spacial score (nSPS) is 10.8. The number of nitrogens with zero attached hydrogens (tertiary/aromatic N) is 4. The van der Waals surface area contributed by atoms with Gasteiger partial charge in [-0.05, 0) is 53.6 Å². The molecule has 0 spiro atoms. The molecule has 0 aliphatic rings. The summed E-state index contributed by atoms with van der Waals surface area (Å²) in [7, 11) is 0. The average Bonchev–Trinajstić information content (AvgIpc) is 2.92. The number of aryl methyl sites for hydroxylation is 2. The maximum Gasteiger partial charge on any atom is 0.187 e. The third-order valence-corrected chi connectivity index (χ3v) is 3.72. The van der Waals surface area contributed by atoms with Gasteiger partial charge in [0.25, 0.3) is 0 Å². The van der Waals surface area contributed by atoms with E-state index in [1.165, 1.54) is 0 Å². The van der Waals surface area contributed by atoms with Crippen LogP contribution in [0.5, 0.6) is 0 Å². The molecule has 21 heavy (non-hydrogen) atoms. The van der Waals surface area contributed by atoms with Gasteiger partial charge in [0.05, 0.1) is 10.7 Å². The summed E-state index contributed by atoms with van der Waals surface area (Å²) in [4.78, 5) is 0. The fourth-order valence-electron chi connectivity index (χ4n) is 2.25. The molecule has 6 heteroatoms. The van der Waals surface area contributed by atoms with Crippen LogP contribution >= 0.6 is 11.6 Å². The summed E-state index contributed by atoms with van der Waals surface area (Å²) in [6.45, 7) is 3.98. The Labute approximate surface area is 127 Å². The summed E-state index contributed by atoms with van der Waals surface area (Å²) >= 11 is 6.23. The van der Waals surface area contributed by atoms with E-state index in [1.807, 2.05) is 44.2 Å². The molecule has 2 N–H and O–H groups in total. The maximum absolute atomic E-state index is 6.23. The van der Waals surface area contributed by atoms with Crippen LogP contribution < -0.4 is 5.73 Å². The largest absolute Gasteiger partial charge is 0.398 e. The van der Waals surface area contributed by atoms with Gasteiger partial charge in [-0.3, -0.25) is 0 Å². The van der Waals surface area contributed by atoms with Crippen molar-refractivity contribution in [1.29, 1.82) is 0 Å². The zero-order valence-corrected chi connectivity index (χ0v) is 12.5. The zero-order valence-electron chi connectivity index (χ0n) is 11.7. The third-order valence-electron chi connectivity index (χ3n) is 3.40. The molecular weight excluding hydrogens is 286 g/mol. The molecule has 5 nitrogen and oxygen atoms in total. The van der Waals surface area contributed by atoms with Gasteiger partial charge in [-0.15, -0.1) is 5.10 Å². The van der Waals surface area contributed by atoms with Crippen LogP contribution in [0, 0.1) is 13.8 Å². The van der Waals surface area contributed by atoms with Crippen molar-refractivity contribution in [3.05, 3.63) is 52.5 Å². The van der Waals surface area contributed by atoms with E-state index >= 15 is 0 Å². The highest BCUT2D eigenvalue weighted by Gasteiger charge is 2.15. The second-order valence-electron chi connectivity index (χ2n) is 4.89. The van der Waals surface area contributed by atoms with Crippen LogP contribution in [0.1, 0.15) is 11.1 Å². The quantitative estimate of drug-likeness (QED) is 0.738. The summed E-state index contributed by atoms with van der Waals surface area (Å²) in [5.41, 5.74) is 10.4. The summed E-state index contributed by atoms with van der Waals surface area (Å²) in [5.74, 6) is 0.618. The van der Waals surface area contributed by atoms with Crippen molar-refractivity contribution < 1.29 is 0 Å². The van der Waals surface area contributed by atoms with Gasteiger partial charge in [-0.2, -0.15) is 4.68 Å². The highest BCUT2D eigenvalue weighted by Crippen LogP contribution is 2.29. The summed E-state index contributed by atoms with van der Waals surface area (Å²) < 4.78 is 1.62. The first kappa shape index (κ1) is 13.6. The Morgan fingerprint density at radius 1 is 1.10 bits per heavy atom. The van der Waals surface area contributed by atoms with Crippen molar-refractivity contribution in [2.24, 2.45) is 0 Å². The van der Waals surface area contributed by atoms with Crippen molar-refractivity contribution >= 4 is 17.3 Å². The van der Waals surface area contributed by atoms with Crippen molar-refractivity contribution in [2.45, 2.75) is 13.8 Å². The Balaban J connectivity index is 2.21. The lowest BCUT2D eigenvalue weighted by Crippen LogP contribution is -2.02. The lowest BCUT2D eigenvalue weighted by Gasteiger charge is -2.10. The Morgan fingerprint density at radius 2 is 1.86 bits per heavy atom. The van der Waals surface area contributed by atoms with Gasteiger partial charge < -0.3 is 5.73 Å². The summed E-state index contributed by atoms with van der Waals surface area (Å²) in [6, 6.07) is 11.3. The molecule has 0 fully saturated rings. The van der Waals surface area contributed by atoms with E-state index in [0.29, 0.717) is 16.5 Å². The topological polar surface area (TPSA) is 69.6 Å². The molecule has 3 rings (SSSR count). The first-order chi connectivity index (χ1) is 10.1. The Bertz CT molecular complexity index is 810. The van der Waals surface area contributed by atoms with Crippen LogP contribution in [0.15, 0.2) is 36.4 Å². The minimum absolute atomic E-state index is 0.587. The molecule has 0 saturated heterocycles. The first-order valence-corrected chi connectivity index (χ1v) is 6.86. The van der Waals surface area contributed by atoms with Gasteiger partial charge in [0.2, 0.25) is 0 Å². The van der Waals surface area contributed by atoms with Gasteiger partial charge in [0.1, 0.15) is 0 Å². The van der Waals surface area contributed by atoms with E-state index in [4.69, 9.17) is 17.3 Å². The number of nitrogen functional groups attached to an aromatic ring is 1. The SMILES string of the molecule is Cc1cc(C)c(-c2nnnn2-c2ccccc2Cl)cc1N. The summed E-state index contributed by atoms with van der Waals surface area (Å²) in [6.07, 6.45) is 0. The second-order valence-corrected chi connectivity index (χ2v) is 5.30. The number of hydrogen-bond acceptors (Lipinski definition) is 4. The molecule has 0 atom stereocenters. The number of hydrogen-bond donors (Lipinski definition) is 1. The smallest absolute Gasteiger partial charge is 0.187 e. The van der Waals surface area contributed by atoms with E-state index in [0.717, 1.165) is 22.4 Å². The van der Waals surface area contributed by atoms with E-state index in [-0.39, 0.29) is 0 Å². The lowest BCUT2D eigenvalue weighted by atomic mass is 10.0. The number of nitrogens with two attached hydrogens (primary N) is 1. The average molecular weight is 300 g/mol. The van der Waals surface area contributed by atoms with E-state index in [1.54, 1.807) is 10.7 Å². The molecule has 0 aliphatic heterocycles. The number of rotatable bonds is 2. The van der Waals surface area contributed by atoms with Gasteiger partial charge >= 0.3 is 0 Å². The van der Waals surface area contributed by atoms with Crippen molar-refractivity contribution in [3.8, 4) is 17.1 Å². The molecule has 0 unspecified atom stereocenters. The molecule has 0 aliphatic carbocycles. The maximum atomic E-state index is 6.23. The molecule has 1 aromatic heterocycles. The molecule has 2 aromatic carbocycles. The van der Waals surface area contributed by atoms with Gasteiger partial charge in [-0.25, -0.2) is 0 Å². The molecular formula is C15H14ClN5. The molecule has 0 saturated carbocycles. The van der Waals surface area contributed by atoms with Crippen LogP contribution in [-0.4, -0.2) is 20.2 Å². The predicted molar refractivity (Wildman–Crippen MR) is 83.5 cm³/mol. The van der Waals surface area contributed by atoms with Crippen molar-refractivity contribution in [2.75, 3.05) is 5.73 Å². The highest BCUT2D eigenvalue weighted by molar-refractivity contribution is 6.32. The number of anilines is 1. The molecule has 1 heterocycles. The number of para-hydroxylation sites is 1. The van der Waals surface area contributed by atoms with Gasteiger partial charge in [-0.1, -0.05) is 29.8 Å². The van der Waals surface area contributed by atoms with Crippen LogP contribution in [0.4, 0.5) is 5.69 Å². The van der Waals surface area contributed by atoms with Crippen LogP contribution in [0.25, 0.3) is 17.1 Å². The first-order valence-electron chi connectivity index (χ1n) is 6.48. The predicted octanol–water partition coefficient (Wildman–Crippen LogP) is 3.18. The van der Waals surface area contributed by atoms with Crippen molar-refractivity contribution in [3.63, 3.8) is 0 Å². The molecule has 0 amide bonds. The number of benzene rings is 2. The standard InChI is InChI=1S/C15H14ClN5/c1-9-7-10(2)13(17)8-11(9)15-18-19-20-21(15)14-6-4-3-5-12(14)16/h3-8H,17H2,1-2H3. The molecule has 106 valence electrons. The Hall–Kier alpha value is -2.40. The Kier molecular flexibility index (Phi) is 3.35. The Morgan fingerprint density at radius 3 is 2.62 bits per heavy atom. The van der Waals surface area contributed by atoms with Crippen LogP contribution in [0.3, 0.4) is 0 Å². The lowest BCUT2D eigenvalue weighted by molar-refractivity contribution is 0.791. The van der Waals surface area contributed by atoms with Crippen LogP contribution in [-0.2, 0) is 0 Å². The molecule has 0 radical (unpaired) electrons. The summed E-state index contributed by atoms with van der Waals surface area (Å²) in [5, 5.41) is 12.5. The fourth-order valence-corrected chi connectivity index (χ4v) is 2.47. The second kappa shape index (κ2) is 5.18.